The molecule has 292 valence electrons. The monoisotopic (exact) mass is 801 g/mol. The van der Waals surface area contributed by atoms with Crippen LogP contribution in [0.15, 0.2) is 212 Å². The molecule has 0 aliphatic carbocycles. The molecule has 0 radical (unpaired) electrons. The van der Waals surface area contributed by atoms with Gasteiger partial charge in [-0.15, -0.1) is 0 Å². The molecular weight excluding hydrogens is 767 g/mol. The molecule has 0 fully saturated rings. The van der Waals surface area contributed by atoms with Gasteiger partial charge in [0.2, 0.25) is 0 Å². The van der Waals surface area contributed by atoms with Crippen molar-refractivity contribution >= 4 is 98.0 Å². The summed E-state index contributed by atoms with van der Waals surface area (Å²) in [5.74, 6) is 0.792. The lowest BCUT2D eigenvalue weighted by Crippen LogP contribution is -2.04. The maximum Gasteiger partial charge on any atom is 0.165 e. The standard InChI is InChI=1S/C58H35N5/c1-2-16-39(17-3-1)61-50-24-12-9-21-44(50)47-34-38(28-32-52(47)61)56-58(60-49-23-11-10-22-48(49)59-56)63-53-33-27-36-14-4-6-18-41(36)55(53)46-31-29-40(35-54(46)63)62-51-25-13-8-20-43(51)45-30-26-37-15-5-7-19-42(37)57(45)62/h1-35H. The number of nitrogens with zero attached hydrogens (tertiary/aromatic N) is 5. The van der Waals surface area contributed by atoms with E-state index in [2.05, 4.69) is 220 Å². The first-order valence-electron chi connectivity index (χ1n) is 21.5. The molecule has 4 heterocycles. The molecule has 63 heavy (non-hydrogen) atoms. The molecule has 5 nitrogen and oxygen atoms in total. The van der Waals surface area contributed by atoms with Gasteiger partial charge in [0.1, 0.15) is 5.69 Å². The Bertz CT molecular complexity index is 4210. The van der Waals surface area contributed by atoms with Gasteiger partial charge in [-0.2, -0.15) is 0 Å². The minimum Gasteiger partial charge on any atom is -0.309 e. The summed E-state index contributed by atoms with van der Waals surface area (Å²) in [6.07, 6.45) is 0. The van der Waals surface area contributed by atoms with Gasteiger partial charge in [0.25, 0.3) is 0 Å². The highest BCUT2D eigenvalue weighted by atomic mass is 15.1. The molecule has 0 saturated heterocycles. The highest BCUT2D eigenvalue weighted by Gasteiger charge is 2.23. The van der Waals surface area contributed by atoms with Crippen molar-refractivity contribution in [2.75, 3.05) is 0 Å². The summed E-state index contributed by atoms with van der Waals surface area (Å²) in [5.41, 5.74) is 12.6. The van der Waals surface area contributed by atoms with Gasteiger partial charge in [-0.05, 0) is 82.9 Å². The molecule has 0 atom stereocenters. The van der Waals surface area contributed by atoms with E-state index in [1.54, 1.807) is 0 Å². The van der Waals surface area contributed by atoms with Crippen molar-refractivity contribution in [3.05, 3.63) is 212 Å². The van der Waals surface area contributed by atoms with Crippen LogP contribution in [0.1, 0.15) is 0 Å². The van der Waals surface area contributed by atoms with Gasteiger partial charge in [-0.25, -0.2) is 9.97 Å². The highest BCUT2D eigenvalue weighted by Crippen LogP contribution is 2.43. The van der Waals surface area contributed by atoms with E-state index >= 15 is 0 Å². The SMILES string of the molecule is c1ccc(-n2c3ccccc3c3cc(-c4nc5ccccc5nc4-n4c5cc(-n6c7ccccc7c7ccc8ccccc8c76)ccc5c5c6ccccc6ccc54)ccc32)cc1. The van der Waals surface area contributed by atoms with E-state index in [9.17, 15) is 0 Å². The number of para-hydroxylation sites is 5. The molecule has 0 N–H and O–H groups in total. The first-order valence-corrected chi connectivity index (χ1v) is 21.5. The Morgan fingerprint density at radius 3 is 1.70 bits per heavy atom. The Morgan fingerprint density at radius 1 is 0.302 bits per heavy atom. The van der Waals surface area contributed by atoms with Crippen LogP contribution >= 0.6 is 0 Å². The van der Waals surface area contributed by atoms with Crippen molar-refractivity contribution in [1.29, 1.82) is 0 Å². The zero-order valence-electron chi connectivity index (χ0n) is 33.9. The Morgan fingerprint density at radius 2 is 0.889 bits per heavy atom. The van der Waals surface area contributed by atoms with Crippen LogP contribution in [0.3, 0.4) is 0 Å². The Kier molecular flexibility index (Phi) is 7.05. The summed E-state index contributed by atoms with van der Waals surface area (Å²) < 4.78 is 7.19. The molecule has 14 rings (SSSR count). The first kappa shape index (κ1) is 34.2. The highest BCUT2D eigenvalue weighted by molar-refractivity contribution is 6.23. The second-order valence-electron chi connectivity index (χ2n) is 16.6. The average molecular weight is 802 g/mol. The molecule has 10 aromatic carbocycles. The summed E-state index contributed by atoms with van der Waals surface area (Å²) in [4.78, 5) is 11.1. The lowest BCUT2D eigenvalue weighted by Gasteiger charge is -2.15. The van der Waals surface area contributed by atoms with Crippen molar-refractivity contribution in [3.63, 3.8) is 0 Å². The van der Waals surface area contributed by atoms with Crippen molar-refractivity contribution < 1.29 is 0 Å². The number of rotatable bonds is 4. The molecule has 0 unspecified atom stereocenters. The predicted molar refractivity (Wildman–Crippen MR) is 263 cm³/mol. The maximum atomic E-state index is 5.59. The summed E-state index contributed by atoms with van der Waals surface area (Å²) in [6, 6.07) is 76.6. The van der Waals surface area contributed by atoms with Crippen LogP contribution in [-0.4, -0.2) is 23.7 Å². The molecule has 4 aromatic heterocycles. The van der Waals surface area contributed by atoms with Crippen LogP contribution < -0.4 is 0 Å². The molecule has 0 spiro atoms. The summed E-state index contributed by atoms with van der Waals surface area (Å²) in [6.45, 7) is 0. The molecule has 0 bridgehead atoms. The number of aromatic nitrogens is 5. The molecule has 0 saturated carbocycles. The summed E-state index contributed by atoms with van der Waals surface area (Å²) >= 11 is 0. The normalized spacial score (nSPS) is 12.1. The molecular formula is C58H35N5. The van der Waals surface area contributed by atoms with Crippen molar-refractivity contribution in [3.8, 4) is 28.5 Å². The van der Waals surface area contributed by atoms with Gasteiger partial charge < -0.3 is 9.13 Å². The lowest BCUT2D eigenvalue weighted by molar-refractivity contribution is 1.08. The average Bonchev–Trinajstić information content (AvgIpc) is 3.99. The van der Waals surface area contributed by atoms with Gasteiger partial charge in [-0.3, -0.25) is 4.57 Å². The van der Waals surface area contributed by atoms with Crippen LogP contribution in [0.25, 0.3) is 126 Å². The molecule has 0 aliphatic rings. The van der Waals surface area contributed by atoms with Gasteiger partial charge >= 0.3 is 0 Å². The van der Waals surface area contributed by atoms with Gasteiger partial charge in [0, 0.05) is 54.6 Å². The van der Waals surface area contributed by atoms with E-state index in [-0.39, 0.29) is 0 Å². The van der Waals surface area contributed by atoms with Crippen molar-refractivity contribution in [2.24, 2.45) is 0 Å². The van der Waals surface area contributed by atoms with Crippen molar-refractivity contribution in [2.45, 2.75) is 0 Å². The lowest BCUT2D eigenvalue weighted by atomic mass is 10.0. The van der Waals surface area contributed by atoms with Crippen LogP contribution in [0.5, 0.6) is 0 Å². The summed E-state index contributed by atoms with van der Waals surface area (Å²) in [5, 5.41) is 12.1. The van der Waals surface area contributed by atoms with Crippen molar-refractivity contribution in [1.82, 2.24) is 23.7 Å². The van der Waals surface area contributed by atoms with E-state index in [4.69, 9.17) is 9.97 Å². The molecule has 0 aliphatic heterocycles. The van der Waals surface area contributed by atoms with Gasteiger partial charge in [0.15, 0.2) is 5.82 Å². The smallest absolute Gasteiger partial charge is 0.165 e. The van der Waals surface area contributed by atoms with E-state index in [1.807, 2.05) is 6.07 Å². The minimum atomic E-state index is 0.792. The largest absolute Gasteiger partial charge is 0.309 e. The fourth-order valence-electron chi connectivity index (χ4n) is 10.5. The predicted octanol–water partition coefficient (Wildman–Crippen LogP) is 14.9. The van der Waals surface area contributed by atoms with E-state index < -0.39 is 0 Å². The molecule has 14 aromatic rings. The third kappa shape index (κ3) is 4.87. The molecule has 0 amide bonds. The third-order valence-corrected chi connectivity index (χ3v) is 13.2. The fraction of sp³-hybridized carbons (Fsp3) is 0. The minimum absolute atomic E-state index is 0.792. The Labute approximate surface area is 360 Å². The Hall–Kier alpha value is -8.54. The number of hydrogen-bond donors (Lipinski definition) is 0. The zero-order chi connectivity index (χ0) is 41.2. The third-order valence-electron chi connectivity index (χ3n) is 13.2. The Balaban J connectivity index is 1.10. The maximum absolute atomic E-state index is 5.59. The molecule has 5 heteroatoms. The number of fused-ring (bicyclic) bond motifs is 14. The second kappa shape index (κ2) is 13.0. The van der Waals surface area contributed by atoms with E-state index in [0.29, 0.717) is 0 Å². The second-order valence-corrected chi connectivity index (χ2v) is 16.6. The van der Waals surface area contributed by atoms with Crippen LogP contribution in [0, 0.1) is 0 Å². The quantitative estimate of drug-likeness (QED) is 0.178. The zero-order valence-corrected chi connectivity index (χ0v) is 33.9. The fourth-order valence-corrected chi connectivity index (χ4v) is 10.5. The number of benzene rings is 10. The van der Waals surface area contributed by atoms with Gasteiger partial charge in [0.05, 0.1) is 44.1 Å². The van der Waals surface area contributed by atoms with Crippen LogP contribution in [-0.2, 0) is 0 Å². The topological polar surface area (TPSA) is 40.6 Å². The van der Waals surface area contributed by atoms with Crippen LogP contribution in [0.4, 0.5) is 0 Å². The summed E-state index contributed by atoms with van der Waals surface area (Å²) in [7, 11) is 0. The van der Waals surface area contributed by atoms with E-state index in [1.165, 1.54) is 70.4 Å². The van der Waals surface area contributed by atoms with E-state index in [0.717, 1.165) is 56.0 Å². The van der Waals surface area contributed by atoms with Gasteiger partial charge in [-0.1, -0.05) is 146 Å². The number of hydrogen-bond acceptors (Lipinski definition) is 2. The first-order chi connectivity index (χ1) is 31.3. The van der Waals surface area contributed by atoms with Crippen LogP contribution in [0.2, 0.25) is 0 Å².